The number of imide groups is 1. The highest BCUT2D eigenvalue weighted by molar-refractivity contribution is 6.05. The molecule has 0 unspecified atom stereocenters. The number of hydrogen-bond acceptors (Lipinski definition) is 5. The van der Waals surface area contributed by atoms with Crippen LogP contribution in [0.15, 0.2) is 36.5 Å². The zero-order valence-corrected chi connectivity index (χ0v) is 10.9. The van der Waals surface area contributed by atoms with E-state index in [9.17, 15) is 14.4 Å². The summed E-state index contributed by atoms with van der Waals surface area (Å²) in [6, 6.07) is 9.18. The molecule has 3 amide bonds. The molecular weight excluding hydrogens is 274 g/mol. The Bertz CT molecular complexity index is 694. The molecule has 8 heteroatoms. The van der Waals surface area contributed by atoms with Gasteiger partial charge in [0, 0.05) is 0 Å². The first kappa shape index (κ1) is 13.0. The Morgan fingerprint density at radius 3 is 2.43 bits per heavy atom. The van der Waals surface area contributed by atoms with Gasteiger partial charge in [0.2, 0.25) is 11.8 Å². The first-order valence-electron chi connectivity index (χ1n) is 6.23. The third-order valence-electron chi connectivity index (χ3n) is 2.97. The zero-order chi connectivity index (χ0) is 14.8. The van der Waals surface area contributed by atoms with Crippen molar-refractivity contribution < 1.29 is 14.4 Å². The van der Waals surface area contributed by atoms with E-state index in [0.717, 1.165) is 10.6 Å². The number of hydrogen-bond donors (Lipinski definition) is 1. The standard InChI is InChI=1S/C13H11N5O3/c19-11-7-17(8-12(20)14-11)13(21)10-6-18(16-15-10)9-4-2-1-3-5-9/h1-6H,7-8H2,(H,14,19,20). The fourth-order valence-corrected chi connectivity index (χ4v) is 2.01. The third-order valence-corrected chi connectivity index (χ3v) is 2.97. The number of nitrogens with zero attached hydrogens (tertiary/aromatic N) is 4. The molecule has 106 valence electrons. The Hall–Kier alpha value is -3.03. The van der Waals surface area contributed by atoms with Crippen LogP contribution in [0.3, 0.4) is 0 Å². The van der Waals surface area contributed by atoms with E-state index in [1.807, 2.05) is 30.3 Å². The van der Waals surface area contributed by atoms with Crippen LogP contribution in [0.25, 0.3) is 5.69 Å². The molecule has 0 radical (unpaired) electrons. The average molecular weight is 285 g/mol. The molecule has 1 fully saturated rings. The molecule has 1 aromatic heterocycles. The third kappa shape index (κ3) is 2.64. The lowest BCUT2D eigenvalue weighted by Crippen LogP contribution is -2.53. The van der Waals surface area contributed by atoms with Crippen LogP contribution in [0, 0.1) is 0 Å². The molecule has 21 heavy (non-hydrogen) atoms. The average Bonchev–Trinajstić information content (AvgIpc) is 2.96. The lowest BCUT2D eigenvalue weighted by Gasteiger charge is -2.24. The van der Waals surface area contributed by atoms with Gasteiger partial charge in [-0.1, -0.05) is 23.4 Å². The minimum Gasteiger partial charge on any atom is -0.319 e. The van der Waals surface area contributed by atoms with Crippen LogP contribution < -0.4 is 5.32 Å². The highest BCUT2D eigenvalue weighted by atomic mass is 16.2. The van der Waals surface area contributed by atoms with Gasteiger partial charge in [0.25, 0.3) is 5.91 Å². The number of para-hydroxylation sites is 1. The fraction of sp³-hybridized carbons (Fsp3) is 0.154. The molecule has 0 atom stereocenters. The molecule has 0 bridgehead atoms. The number of rotatable bonds is 2. The van der Waals surface area contributed by atoms with Crippen molar-refractivity contribution in [1.29, 1.82) is 0 Å². The van der Waals surface area contributed by atoms with Crippen LogP contribution >= 0.6 is 0 Å². The molecular formula is C13H11N5O3. The van der Waals surface area contributed by atoms with Crippen molar-refractivity contribution in [2.75, 3.05) is 13.1 Å². The molecule has 1 aliphatic heterocycles. The van der Waals surface area contributed by atoms with E-state index < -0.39 is 17.7 Å². The summed E-state index contributed by atoms with van der Waals surface area (Å²) in [7, 11) is 0. The summed E-state index contributed by atoms with van der Waals surface area (Å²) in [5, 5.41) is 9.80. The van der Waals surface area contributed by atoms with Gasteiger partial charge in [-0.2, -0.15) is 0 Å². The van der Waals surface area contributed by atoms with Gasteiger partial charge in [0.05, 0.1) is 11.9 Å². The van der Waals surface area contributed by atoms with Gasteiger partial charge in [0.1, 0.15) is 13.1 Å². The van der Waals surface area contributed by atoms with E-state index >= 15 is 0 Å². The monoisotopic (exact) mass is 285 g/mol. The van der Waals surface area contributed by atoms with Crippen molar-refractivity contribution in [1.82, 2.24) is 25.2 Å². The van der Waals surface area contributed by atoms with Crippen molar-refractivity contribution in [3.8, 4) is 5.69 Å². The second-order valence-corrected chi connectivity index (χ2v) is 4.52. The maximum absolute atomic E-state index is 12.2. The Kier molecular flexibility index (Phi) is 3.19. The van der Waals surface area contributed by atoms with E-state index in [2.05, 4.69) is 15.6 Å². The van der Waals surface area contributed by atoms with Crippen LogP contribution in [0.1, 0.15) is 10.5 Å². The molecule has 1 aromatic carbocycles. The molecule has 1 saturated heterocycles. The summed E-state index contributed by atoms with van der Waals surface area (Å²) in [4.78, 5) is 35.9. The van der Waals surface area contributed by atoms with Gasteiger partial charge < -0.3 is 4.90 Å². The molecule has 2 aromatic rings. The summed E-state index contributed by atoms with van der Waals surface area (Å²) in [5.41, 5.74) is 0.845. The number of piperazine rings is 1. The van der Waals surface area contributed by atoms with Gasteiger partial charge in [-0.15, -0.1) is 5.10 Å². The molecule has 8 nitrogen and oxygen atoms in total. The van der Waals surface area contributed by atoms with Gasteiger partial charge in [-0.25, -0.2) is 4.68 Å². The number of carbonyl (C=O) groups excluding carboxylic acids is 3. The van der Waals surface area contributed by atoms with E-state index in [4.69, 9.17) is 0 Å². The highest BCUT2D eigenvalue weighted by Crippen LogP contribution is 2.08. The number of benzene rings is 1. The van der Waals surface area contributed by atoms with Crippen molar-refractivity contribution >= 4 is 17.7 Å². The van der Waals surface area contributed by atoms with E-state index in [1.165, 1.54) is 10.9 Å². The molecule has 1 N–H and O–H groups in total. The van der Waals surface area contributed by atoms with Crippen LogP contribution in [0.5, 0.6) is 0 Å². The van der Waals surface area contributed by atoms with E-state index in [1.54, 1.807) is 0 Å². The Morgan fingerprint density at radius 1 is 1.10 bits per heavy atom. The van der Waals surface area contributed by atoms with Gasteiger partial charge in [-0.3, -0.25) is 19.7 Å². The van der Waals surface area contributed by atoms with Crippen molar-refractivity contribution in [2.45, 2.75) is 0 Å². The summed E-state index contributed by atoms with van der Waals surface area (Å²) in [6.45, 7) is -0.328. The van der Waals surface area contributed by atoms with Gasteiger partial charge >= 0.3 is 0 Å². The lowest BCUT2D eigenvalue weighted by molar-refractivity contribution is -0.135. The second-order valence-electron chi connectivity index (χ2n) is 4.52. The summed E-state index contributed by atoms with van der Waals surface area (Å²) in [6.07, 6.45) is 1.47. The maximum atomic E-state index is 12.2. The van der Waals surface area contributed by atoms with Crippen LogP contribution in [0.2, 0.25) is 0 Å². The molecule has 3 rings (SSSR count). The molecule has 0 spiro atoms. The first-order chi connectivity index (χ1) is 10.1. The topological polar surface area (TPSA) is 97.2 Å². The molecule has 0 saturated carbocycles. The van der Waals surface area contributed by atoms with Crippen LogP contribution in [0.4, 0.5) is 0 Å². The Balaban J connectivity index is 1.81. The largest absolute Gasteiger partial charge is 0.319 e. The Morgan fingerprint density at radius 2 is 1.76 bits per heavy atom. The minimum atomic E-state index is -0.505. The molecule has 2 heterocycles. The molecule has 0 aliphatic carbocycles. The van der Waals surface area contributed by atoms with E-state index in [0.29, 0.717) is 0 Å². The number of amides is 3. The van der Waals surface area contributed by atoms with Crippen molar-refractivity contribution in [2.24, 2.45) is 0 Å². The molecule has 1 aliphatic rings. The predicted molar refractivity (Wildman–Crippen MR) is 70.4 cm³/mol. The fourth-order valence-electron chi connectivity index (χ4n) is 2.01. The first-order valence-corrected chi connectivity index (χ1v) is 6.23. The highest BCUT2D eigenvalue weighted by Gasteiger charge is 2.28. The summed E-state index contributed by atoms with van der Waals surface area (Å²) in [5.74, 6) is -1.51. The normalized spacial score (nSPS) is 15.0. The van der Waals surface area contributed by atoms with Gasteiger partial charge in [0.15, 0.2) is 5.69 Å². The summed E-state index contributed by atoms with van der Waals surface area (Å²) >= 11 is 0. The lowest BCUT2D eigenvalue weighted by atomic mass is 10.3. The SMILES string of the molecule is O=C1CN(C(=O)c2cn(-c3ccccc3)nn2)CC(=O)N1. The van der Waals surface area contributed by atoms with Crippen molar-refractivity contribution in [3.63, 3.8) is 0 Å². The van der Waals surface area contributed by atoms with E-state index in [-0.39, 0.29) is 18.8 Å². The minimum absolute atomic E-state index is 0.0846. The van der Waals surface area contributed by atoms with Crippen LogP contribution in [-0.4, -0.2) is 50.7 Å². The van der Waals surface area contributed by atoms with Crippen LogP contribution in [-0.2, 0) is 9.59 Å². The Labute approximate surface area is 119 Å². The zero-order valence-electron chi connectivity index (χ0n) is 10.9. The smallest absolute Gasteiger partial charge is 0.276 e. The second kappa shape index (κ2) is 5.16. The number of aromatic nitrogens is 3. The number of nitrogens with one attached hydrogen (secondary N) is 1. The van der Waals surface area contributed by atoms with Crippen molar-refractivity contribution in [3.05, 3.63) is 42.2 Å². The maximum Gasteiger partial charge on any atom is 0.276 e. The quantitative estimate of drug-likeness (QED) is 0.741. The number of carbonyl (C=O) groups is 3. The summed E-state index contributed by atoms with van der Waals surface area (Å²) < 4.78 is 1.46. The van der Waals surface area contributed by atoms with Gasteiger partial charge in [-0.05, 0) is 12.1 Å². The predicted octanol–water partition coefficient (Wildman–Crippen LogP) is -0.634.